The lowest BCUT2D eigenvalue weighted by atomic mass is 9.80. The van der Waals surface area contributed by atoms with Crippen molar-refractivity contribution in [3.8, 4) is 0 Å². The van der Waals surface area contributed by atoms with Crippen molar-refractivity contribution < 1.29 is 9.47 Å². The summed E-state index contributed by atoms with van der Waals surface area (Å²) in [6.45, 7) is 8.00. The molecule has 88 valence electrons. The number of hydrogen-bond donors (Lipinski definition) is 1. The van der Waals surface area contributed by atoms with Crippen LogP contribution in [0.25, 0.3) is 0 Å². The molecule has 0 aromatic rings. The van der Waals surface area contributed by atoms with Crippen LogP contribution in [-0.2, 0) is 9.47 Å². The topological polar surface area (TPSA) is 30.5 Å². The lowest BCUT2D eigenvalue weighted by Crippen LogP contribution is -2.61. The van der Waals surface area contributed by atoms with E-state index < -0.39 is 0 Å². The van der Waals surface area contributed by atoms with E-state index in [1.807, 2.05) is 0 Å². The Morgan fingerprint density at radius 3 is 2.73 bits per heavy atom. The van der Waals surface area contributed by atoms with Gasteiger partial charge in [0.05, 0.1) is 13.2 Å². The molecular weight excluding hydrogens is 190 g/mol. The van der Waals surface area contributed by atoms with E-state index in [1.165, 1.54) is 12.8 Å². The molecule has 2 aliphatic rings. The van der Waals surface area contributed by atoms with Crippen LogP contribution in [0.5, 0.6) is 0 Å². The van der Waals surface area contributed by atoms with Crippen LogP contribution in [0.15, 0.2) is 0 Å². The number of rotatable bonds is 3. The number of hydrogen-bond acceptors (Lipinski definition) is 3. The zero-order valence-electron chi connectivity index (χ0n) is 9.92. The van der Waals surface area contributed by atoms with Gasteiger partial charge in [0.15, 0.2) is 0 Å². The second-order valence-electron chi connectivity index (χ2n) is 4.72. The monoisotopic (exact) mass is 213 g/mol. The summed E-state index contributed by atoms with van der Waals surface area (Å²) in [7, 11) is 0. The van der Waals surface area contributed by atoms with Crippen molar-refractivity contribution in [1.29, 1.82) is 0 Å². The van der Waals surface area contributed by atoms with E-state index in [0.717, 1.165) is 32.8 Å². The molecule has 2 fully saturated rings. The van der Waals surface area contributed by atoms with Gasteiger partial charge in [-0.15, -0.1) is 0 Å². The summed E-state index contributed by atoms with van der Waals surface area (Å²) in [5.74, 6) is 0.715. The molecule has 2 rings (SSSR count). The first-order valence-electron chi connectivity index (χ1n) is 6.27. The van der Waals surface area contributed by atoms with Crippen LogP contribution >= 0.6 is 0 Å². The van der Waals surface area contributed by atoms with Gasteiger partial charge in [-0.1, -0.05) is 26.7 Å². The molecule has 15 heavy (non-hydrogen) atoms. The Hall–Kier alpha value is -0.120. The van der Waals surface area contributed by atoms with Crippen molar-refractivity contribution in [2.45, 2.75) is 44.8 Å². The van der Waals surface area contributed by atoms with Crippen LogP contribution in [0.2, 0.25) is 0 Å². The van der Waals surface area contributed by atoms with Gasteiger partial charge in [0.1, 0.15) is 5.60 Å². The van der Waals surface area contributed by atoms with Crippen molar-refractivity contribution in [3.63, 3.8) is 0 Å². The van der Waals surface area contributed by atoms with Crippen molar-refractivity contribution in [2.24, 2.45) is 5.92 Å². The van der Waals surface area contributed by atoms with Gasteiger partial charge in [-0.3, -0.25) is 0 Å². The molecule has 0 aromatic heterocycles. The highest BCUT2D eigenvalue weighted by molar-refractivity contribution is 5.01. The van der Waals surface area contributed by atoms with Gasteiger partial charge in [0.2, 0.25) is 0 Å². The molecule has 2 atom stereocenters. The molecule has 0 bridgehead atoms. The smallest absolute Gasteiger partial charge is 0.109 e. The quantitative estimate of drug-likeness (QED) is 0.772. The van der Waals surface area contributed by atoms with Gasteiger partial charge in [-0.25, -0.2) is 0 Å². The minimum Gasteiger partial charge on any atom is -0.378 e. The van der Waals surface area contributed by atoms with E-state index in [2.05, 4.69) is 19.2 Å². The number of morpholine rings is 1. The number of nitrogens with one attached hydrogen (secondary N) is 1. The third-order valence-corrected chi connectivity index (χ3v) is 3.96. The Kier molecular flexibility index (Phi) is 3.65. The van der Waals surface area contributed by atoms with Crippen LogP contribution < -0.4 is 5.32 Å². The van der Waals surface area contributed by atoms with Crippen LogP contribution in [0.1, 0.15) is 33.1 Å². The summed E-state index contributed by atoms with van der Waals surface area (Å²) >= 11 is 0. The molecule has 1 N–H and O–H groups in total. The first kappa shape index (κ1) is 11.4. The van der Waals surface area contributed by atoms with Gasteiger partial charge in [-0.2, -0.15) is 0 Å². The van der Waals surface area contributed by atoms with Gasteiger partial charge in [0, 0.05) is 25.6 Å². The highest BCUT2D eigenvalue weighted by Crippen LogP contribution is 2.34. The summed E-state index contributed by atoms with van der Waals surface area (Å²) in [4.78, 5) is 0. The average molecular weight is 213 g/mol. The van der Waals surface area contributed by atoms with E-state index in [9.17, 15) is 0 Å². The van der Waals surface area contributed by atoms with Crippen molar-refractivity contribution in [3.05, 3.63) is 0 Å². The van der Waals surface area contributed by atoms with Crippen molar-refractivity contribution in [2.75, 3.05) is 26.4 Å². The largest absolute Gasteiger partial charge is 0.378 e. The fourth-order valence-electron chi connectivity index (χ4n) is 3.02. The predicted molar refractivity (Wildman–Crippen MR) is 60.0 cm³/mol. The van der Waals surface area contributed by atoms with Crippen LogP contribution in [0.3, 0.4) is 0 Å². The van der Waals surface area contributed by atoms with Crippen molar-refractivity contribution in [1.82, 2.24) is 5.32 Å². The molecule has 2 aliphatic heterocycles. The predicted octanol–water partition coefficient (Wildman–Crippen LogP) is 1.57. The molecule has 0 radical (unpaired) electrons. The first-order valence-corrected chi connectivity index (χ1v) is 6.27. The molecule has 1 spiro atoms. The highest BCUT2D eigenvalue weighted by atomic mass is 16.6. The summed E-state index contributed by atoms with van der Waals surface area (Å²) in [5, 5.41) is 3.65. The second kappa shape index (κ2) is 4.81. The molecule has 0 aliphatic carbocycles. The normalized spacial score (nSPS) is 36.6. The van der Waals surface area contributed by atoms with E-state index >= 15 is 0 Å². The molecule has 0 aromatic carbocycles. The average Bonchev–Trinajstić information content (AvgIpc) is 2.72. The third kappa shape index (κ3) is 2.05. The fraction of sp³-hybridized carbons (Fsp3) is 1.00. The lowest BCUT2D eigenvalue weighted by Gasteiger charge is -2.44. The molecule has 3 heteroatoms. The maximum Gasteiger partial charge on any atom is 0.109 e. The Labute approximate surface area is 92.5 Å². The summed E-state index contributed by atoms with van der Waals surface area (Å²) in [6, 6.07) is 0.490. The Morgan fingerprint density at radius 2 is 2.13 bits per heavy atom. The van der Waals surface area contributed by atoms with Crippen molar-refractivity contribution >= 4 is 0 Å². The Morgan fingerprint density at radius 1 is 1.33 bits per heavy atom. The fourth-order valence-corrected chi connectivity index (χ4v) is 3.02. The Balaban J connectivity index is 2.11. The summed E-state index contributed by atoms with van der Waals surface area (Å²) < 4.78 is 11.6. The van der Waals surface area contributed by atoms with Crippen LogP contribution in [0.4, 0.5) is 0 Å². The van der Waals surface area contributed by atoms with Gasteiger partial charge in [-0.05, 0) is 5.92 Å². The lowest BCUT2D eigenvalue weighted by molar-refractivity contribution is -0.111. The third-order valence-electron chi connectivity index (χ3n) is 3.96. The Bertz CT molecular complexity index is 198. The van der Waals surface area contributed by atoms with Gasteiger partial charge in [0.25, 0.3) is 0 Å². The highest BCUT2D eigenvalue weighted by Gasteiger charge is 2.47. The molecule has 2 heterocycles. The first-order chi connectivity index (χ1) is 7.32. The molecule has 2 unspecified atom stereocenters. The van der Waals surface area contributed by atoms with Gasteiger partial charge < -0.3 is 14.8 Å². The maximum absolute atomic E-state index is 6.04. The minimum atomic E-state index is -0.0189. The zero-order chi connectivity index (χ0) is 10.7. The van der Waals surface area contributed by atoms with Gasteiger partial charge >= 0.3 is 0 Å². The standard InChI is InChI=1S/C12H23NO2/c1-3-10(4-2)11-12(5-7-14-9-12)15-8-6-13-11/h10-11,13H,3-9H2,1-2H3. The molecule has 0 amide bonds. The SMILES string of the molecule is CCC(CC)C1NCCOC12CCOC2. The summed E-state index contributed by atoms with van der Waals surface area (Å²) in [6.07, 6.45) is 3.50. The van der Waals surface area contributed by atoms with Crippen LogP contribution in [0, 0.1) is 5.92 Å². The van der Waals surface area contributed by atoms with E-state index in [4.69, 9.17) is 9.47 Å². The molecule has 2 saturated heterocycles. The molecule has 0 saturated carbocycles. The minimum absolute atomic E-state index is 0.0189. The van der Waals surface area contributed by atoms with E-state index in [-0.39, 0.29) is 5.60 Å². The molecular formula is C12H23NO2. The zero-order valence-corrected chi connectivity index (χ0v) is 9.92. The maximum atomic E-state index is 6.04. The van der Waals surface area contributed by atoms with Crippen LogP contribution in [-0.4, -0.2) is 38.0 Å². The second-order valence-corrected chi connectivity index (χ2v) is 4.72. The number of ether oxygens (including phenoxy) is 2. The summed E-state index contributed by atoms with van der Waals surface area (Å²) in [5.41, 5.74) is -0.0189. The van der Waals surface area contributed by atoms with E-state index in [1.54, 1.807) is 0 Å². The molecule has 3 nitrogen and oxygen atoms in total. The van der Waals surface area contributed by atoms with E-state index in [0.29, 0.717) is 12.0 Å².